The molecule has 0 saturated heterocycles. The van der Waals surface area contributed by atoms with Gasteiger partial charge in [0, 0.05) is 19.6 Å². The van der Waals surface area contributed by atoms with E-state index < -0.39 is 0 Å². The van der Waals surface area contributed by atoms with Gasteiger partial charge >= 0.3 is 0 Å². The lowest BCUT2D eigenvalue weighted by molar-refractivity contribution is -0.115. The summed E-state index contributed by atoms with van der Waals surface area (Å²) in [5, 5.41) is 8.80. The first-order chi connectivity index (χ1) is 18.6. The van der Waals surface area contributed by atoms with E-state index in [2.05, 4.69) is 60.1 Å². The molecule has 0 spiro atoms. The first kappa shape index (κ1) is 31.6. The number of benzene rings is 2. The Balaban J connectivity index is 1.56. The quantitative estimate of drug-likeness (QED) is 0.0884. The maximum absolute atomic E-state index is 11.5. The van der Waals surface area contributed by atoms with E-state index in [9.17, 15) is 4.79 Å². The van der Waals surface area contributed by atoms with Crippen LogP contribution in [0.1, 0.15) is 108 Å². The highest BCUT2D eigenvalue weighted by Gasteiger charge is 2.02. The van der Waals surface area contributed by atoms with Crippen LogP contribution >= 0.6 is 0 Å². The van der Waals surface area contributed by atoms with Gasteiger partial charge in [-0.15, -0.1) is 0 Å². The number of nitrogens with zero attached hydrogens (tertiary/aromatic N) is 2. The highest BCUT2D eigenvalue weighted by Crippen LogP contribution is 2.21. The third-order valence-corrected chi connectivity index (χ3v) is 6.90. The topological polar surface area (TPSA) is 51.0 Å². The number of Topliss-reactive ketones (excluding diaryl/α,β-unsaturated/α-hetero) is 1. The van der Waals surface area contributed by atoms with Gasteiger partial charge in [0.1, 0.15) is 0 Å². The van der Waals surface area contributed by atoms with Gasteiger partial charge < -0.3 is 4.74 Å². The molecule has 0 aromatic heterocycles. The highest BCUT2D eigenvalue weighted by molar-refractivity contribution is 5.93. The Bertz CT molecular complexity index is 932. The number of azo groups is 1. The molecule has 2 aromatic rings. The fourth-order valence-corrected chi connectivity index (χ4v) is 4.42. The van der Waals surface area contributed by atoms with E-state index in [1.54, 1.807) is 6.92 Å². The molecule has 0 heterocycles. The predicted molar refractivity (Wildman–Crippen MR) is 161 cm³/mol. The van der Waals surface area contributed by atoms with Gasteiger partial charge in [0.2, 0.25) is 0 Å². The van der Waals surface area contributed by atoms with Crippen LogP contribution in [0.5, 0.6) is 0 Å². The third-order valence-electron chi connectivity index (χ3n) is 6.90. The second-order valence-corrected chi connectivity index (χ2v) is 10.5. The van der Waals surface area contributed by atoms with E-state index in [4.69, 9.17) is 4.74 Å². The fourth-order valence-electron chi connectivity index (χ4n) is 4.42. The molecule has 2 aromatic carbocycles. The molecule has 0 fully saturated rings. The van der Waals surface area contributed by atoms with Gasteiger partial charge in [0.15, 0.2) is 5.78 Å². The van der Waals surface area contributed by atoms with E-state index >= 15 is 0 Å². The van der Waals surface area contributed by atoms with Crippen LogP contribution in [0.15, 0.2) is 70.9 Å². The highest BCUT2D eigenvalue weighted by atomic mass is 16.5. The van der Waals surface area contributed by atoms with Gasteiger partial charge in [-0.25, -0.2) is 0 Å². The normalized spacial score (nSPS) is 11.3. The second-order valence-electron chi connectivity index (χ2n) is 10.5. The maximum Gasteiger partial charge on any atom is 0.158 e. The SMILES string of the molecule is C=C(C)C(=O)CCCOCCCc1ccc(N=Nc2ccc(CCCCCCCCCCCC)cc2)cc1. The monoisotopic (exact) mass is 518 g/mol. The number of rotatable bonds is 22. The van der Waals surface area contributed by atoms with Gasteiger partial charge in [-0.2, -0.15) is 10.2 Å². The zero-order valence-corrected chi connectivity index (χ0v) is 24.1. The van der Waals surface area contributed by atoms with Crippen LogP contribution in [-0.2, 0) is 22.4 Å². The summed E-state index contributed by atoms with van der Waals surface area (Å²) in [4.78, 5) is 11.5. The summed E-state index contributed by atoms with van der Waals surface area (Å²) in [6.07, 6.45) is 18.1. The minimum atomic E-state index is 0.127. The summed E-state index contributed by atoms with van der Waals surface area (Å²) < 4.78 is 5.64. The van der Waals surface area contributed by atoms with Gasteiger partial charge in [-0.3, -0.25) is 4.79 Å². The van der Waals surface area contributed by atoms with Gasteiger partial charge in [0.05, 0.1) is 11.4 Å². The zero-order valence-electron chi connectivity index (χ0n) is 24.1. The van der Waals surface area contributed by atoms with Crippen molar-refractivity contribution in [3.8, 4) is 0 Å². The van der Waals surface area contributed by atoms with Crippen LogP contribution in [0.25, 0.3) is 0 Å². The molecule has 0 unspecified atom stereocenters. The first-order valence-corrected chi connectivity index (χ1v) is 14.9. The van der Waals surface area contributed by atoms with Gasteiger partial charge in [-0.05, 0) is 80.0 Å². The minimum Gasteiger partial charge on any atom is -0.381 e. The molecule has 4 heteroatoms. The number of aryl methyl sites for hydroxylation is 2. The Morgan fingerprint density at radius 3 is 1.61 bits per heavy atom. The van der Waals surface area contributed by atoms with Gasteiger partial charge in [-0.1, -0.05) is 95.6 Å². The number of hydrogen-bond acceptors (Lipinski definition) is 4. The molecule has 0 radical (unpaired) electrons. The summed E-state index contributed by atoms with van der Waals surface area (Å²) in [5.41, 5.74) is 5.03. The number of carbonyl (C=O) groups is 1. The summed E-state index contributed by atoms with van der Waals surface area (Å²) in [6.45, 7) is 9.04. The van der Waals surface area contributed by atoms with Crippen molar-refractivity contribution in [2.75, 3.05) is 13.2 Å². The number of ketones is 1. The van der Waals surface area contributed by atoms with Crippen molar-refractivity contribution in [2.45, 2.75) is 110 Å². The molecule has 208 valence electrons. The minimum absolute atomic E-state index is 0.127. The van der Waals surface area contributed by atoms with Crippen LogP contribution in [0, 0.1) is 0 Å². The lowest BCUT2D eigenvalue weighted by Crippen LogP contribution is -2.03. The average molecular weight is 519 g/mol. The van der Waals surface area contributed by atoms with Crippen LogP contribution in [0.4, 0.5) is 11.4 Å². The molecule has 0 saturated carbocycles. The van der Waals surface area contributed by atoms with Crippen LogP contribution < -0.4 is 0 Å². The standard InChI is InChI=1S/C34H50N2O2/c1-4-5-6-7-8-9-10-11-12-13-16-30-19-23-32(24-20-30)35-36-33-25-21-31(22-26-33)17-14-27-38-28-15-18-34(37)29(2)3/h19-26H,2,4-18,27-28H2,1,3H3. The number of ether oxygens (including phenoxy) is 1. The fraction of sp³-hybridized carbons (Fsp3) is 0.559. The molecule has 0 N–H and O–H groups in total. The molecule has 0 amide bonds. The summed E-state index contributed by atoms with van der Waals surface area (Å²) in [7, 11) is 0. The maximum atomic E-state index is 11.5. The van der Waals surface area contributed by atoms with Crippen molar-refractivity contribution in [1.82, 2.24) is 0 Å². The average Bonchev–Trinajstić information content (AvgIpc) is 2.93. The molecule has 0 atom stereocenters. The lowest BCUT2D eigenvalue weighted by atomic mass is 10.0. The predicted octanol–water partition coefficient (Wildman–Crippen LogP) is 10.4. The number of unbranched alkanes of at least 4 members (excludes halogenated alkanes) is 9. The Kier molecular flexibility index (Phi) is 17.0. The number of hydrogen-bond donors (Lipinski definition) is 0. The first-order valence-electron chi connectivity index (χ1n) is 14.9. The van der Waals surface area contributed by atoms with Crippen molar-refractivity contribution in [3.05, 3.63) is 71.8 Å². The van der Waals surface area contributed by atoms with E-state index in [1.165, 1.54) is 75.3 Å². The van der Waals surface area contributed by atoms with Crippen molar-refractivity contribution in [1.29, 1.82) is 0 Å². The molecule has 0 aliphatic rings. The lowest BCUT2D eigenvalue weighted by Gasteiger charge is -2.05. The van der Waals surface area contributed by atoms with E-state index in [1.807, 2.05) is 12.1 Å². The molecule has 38 heavy (non-hydrogen) atoms. The zero-order chi connectivity index (χ0) is 27.3. The molecule has 4 nitrogen and oxygen atoms in total. The van der Waals surface area contributed by atoms with Crippen molar-refractivity contribution < 1.29 is 9.53 Å². The molecule has 0 aliphatic carbocycles. The molecule has 2 rings (SSSR count). The Morgan fingerprint density at radius 2 is 1.11 bits per heavy atom. The van der Waals surface area contributed by atoms with Crippen molar-refractivity contribution >= 4 is 17.2 Å². The largest absolute Gasteiger partial charge is 0.381 e. The van der Waals surface area contributed by atoms with E-state index in [-0.39, 0.29) is 5.78 Å². The third kappa shape index (κ3) is 15.0. The summed E-state index contributed by atoms with van der Waals surface area (Å²) in [5.74, 6) is 0.127. The smallest absolute Gasteiger partial charge is 0.158 e. The summed E-state index contributed by atoms with van der Waals surface area (Å²) >= 11 is 0. The number of carbonyl (C=O) groups excluding carboxylic acids is 1. The Morgan fingerprint density at radius 1 is 0.658 bits per heavy atom. The van der Waals surface area contributed by atoms with Crippen LogP contribution in [0.3, 0.4) is 0 Å². The van der Waals surface area contributed by atoms with E-state index in [0.29, 0.717) is 25.2 Å². The van der Waals surface area contributed by atoms with Crippen LogP contribution in [-0.4, -0.2) is 19.0 Å². The number of allylic oxidation sites excluding steroid dienone is 1. The van der Waals surface area contributed by atoms with Crippen molar-refractivity contribution in [2.24, 2.45) is 10.2 Å². The van der Waals surface area contributed by atoms with Gasteiger partial charge in [0.25, 0.3) is 0 Å². The Hall–Kier alpha value is -2.59. The second kappa shape index (κ2) is 20.4. The van der Waals surface area contributed by atoms with E-state index in [0.717, 1.165) is 37.1 Å². The summed E-state index contributed by atoms with van der Waals surface area (Å²) in [6, 6.07) is 16.8. The molecule has 0 bridgehead atoms. The Labute approximate surface area is 232 Å². The molecule has 0 aliphatic heterocycles. The molecular formula is C34H50N2O2. The van der Waals surface area contributed by atoms with Crippen molar-refractivity contribution in [3.63, 3.8) is 0 Å². The molecular weight excluding hydrogens is 468 g/mol. The van der Waals surface area contributed by atoms with Crippen LogP contribution in [0.2, 0.25) is 0 Å².